The molecule has 4 nitrogen and oxygen atoms in total. The van der Waals surface area contributed by atoms with E-state index in [1.807, 2.05) is 0 Å². The standard InChI is InChI=1S/C8H17NO3/c1-2-12-8(11)6-7(9)4-3-5-10/h7,10H,2-6,9H2,1H3/t7-/m0/s1. The Hall–Kier alpha value is -0.610. The number of aliphatic hydroxyl groups excluding tert-OH is 1. The average Bonchev–Trinajstić information content (AvgIpc) is 2.01. The maximum absolute atomic E-state index is 10.9. The van der Waals surface area contributed by atoms with Gasteiger partial charge < -0.3 is 15.6 Å². The number of hydrogen-bond acceptors (Lipinski definition) is 4. The average molecular weight is 175 g/mol. The quantitative estimate of drug-likeness (QED) is 0.559. The topological polar surface area (TPSA) is 72.5 Å². The van der Waals surface area contributed by atoms with Gasteiger partial charge in [0.05, 0.1) is 13.0 Å². The summed E-state index contributed by atoms with van der Waals surface area (Å²) in [6.45, 7) is 2.28. The summed E-state index contributed by atoms with van der Waals surface area (Å²) in [4.78, 5) is 10.9. The highest BCUT2D eigenvalue weighted by Gasteiger charge is 2.08. The Balaban J connectivity index is 3.40. The molecule has 0 aromatic carbocycles. The van der Waals surface area contributed by atoms with Gasteiger partial charge in [0, 0.05) is 12.6 Å². The van der Waals surface area contributed by atoms with Crippen LogP contribution in [0.3, 0.4) is 0 Å². The van der Waals surface area contributed by atoms with Gasteiger partial charge in [-0.1, -0.05) is 0 Å². The number of carbonyl (C=O) groups excluding carboxylic acids is 1. The zero-order valence-corrected chi connectivity index (χ0v) is 7.45. The fourth-order valence-electron chi connectivity index (χ4n) is 0.890. The van der Waals surface area contributed by atoms with Gasteiger partial charge in [-0.15, -0.1) is 0 Å². The molecule has 3 N–H and O–H groups in total. The van der Waals surface area contributed by atoms with Crippen molar-refractivity contribution < 1.29 is 14.6 Å². The van der Waals surface area contributed by atoms with Crippen LogP contribution in [-0.2, 0) is 9.53 Å². The van der Waals surface area contributed by atoms with Crippen LogP contribution in [0, 0.1) is 0 Å². The van der Waals surface area contributed by atoms with E-state index in [2.05, 4.69) is 0 Å². The molecule has 0 saturated carbocycles. The minimum absolute atomic E-state index is 0.122. The van der Waals surface area contributed by atoms with Gasteiger partial charge in [-0.25, -0.2) is 0 Å². The first kappa shape index (κ1) is 11.4. The highest BCUT2D eigenvalue weighted by Crippen LogP contribution is 1.99. The van der Waals surface area contributed by atoms with Crippen LogP contribution in [0.1, 0.15) is 26.2 Å². The summed E-state index contributed by atoms with van der Waals surface area (Å²) >= 11 is 0. The summed E-state index contributed by atoms with van der Waals surface area (Å²) in [7, 11) is 0. The molecular formula is C8H17NO3. The molecular weight excluding hydrogens is 158 g/mol. The SMILES string of the molecule is CCOC(=O)C[C@@H](N)CCCO. The molecule has 1 atom stereocenters. The molecule has 0 aliphatic carbocycles. The number of carbonyl (C=O) groups is 1. The lowest BCUT2D eigenvalue weighted by molar-refractivity contribution is -0.143. The first-order chi connectivity index (χ1) is 5.70. The van der Waals surface area contributed by atoms with E-state index < -0.39 is 0 Å². The summed E-state index contributed by atoms with van der Waals surface area (Å²) in [5.74, 6) is -0.261. The summed E-state index contributed by atoms with van der Waals surface area (Å²) in [5, 5.41) is 8.48. The maximum Gasteiger partial charge on any atom is 0.307 e. The summed E-state index contributed by atoms with van der Waals surface area (Å²) in [6.07, 6.45) is 1.55. The highest BCUT2D eigenvalue weighted by atomic mass is 16.5. The van der Waals surface area contributed by atoms with Crippen LogP contribution < -0.4 is 5.73 Å². The van der Waals surface area contributed by atoms with Crippen molar-refractivity contribution in [1.29, 1.82) is 0 Å². The lowest BCUT2D eigenvalue weighted by atomic mass is 10.1. The van der Waals surface area contributed by atoms with Crippen LogP contribution >= 0.6 is 0 Å². The molecule has 0 radical (unpaired) electrons. The number of rotatable bonds is 6. The number of esters is 1. The number of nitrogens with two attached hydrogens (primary N) is 1. The monoisotopic (exact) mass is 175 g/mol. The van der Waals surface area contributed by atoms with Crippen molar-refractivity contribution >= 4 is 5.97 Å². The number of hydrogen-bond donors (Lipinski definition) is 2. The van der Waals surface area contributed by atoms with E-state index >= 15 is 0 Å². The van der Waals surface area contributed by atoms with Gasteiger partial charge >= 0.3 is 5.97 Å². The molecule has 0 aliphatic heterocycles. The molecule has 72 valence electrons. The zero-order valence-electron chi connectivity index (χ0n) is 7.45. The van der Waals surface area contributed by atoms with E-state index in [4.69, 9.17) is 15.6 Å². The Labute approximate surface area is 72.7 Å². The van der Waals surface area contributed by atoms with E-state index in [0.717, 1.165) is 0 Å². The molecule has 0 unspecified atom stereocenters. The Kier molecular flexibility index (Phi) is 6.70. The summed E-state index contributed by atoms with van der Waals surface area (Å²) in [6, 6.07) is -0.184. The van der Waals surface area contributed by atoms with Crippen LogP contribution in [0.2, 0.25) is 0 Å². The van der Waals surface area contributed by atoms with Gasteiger partial charge in [0.15, 0.2) is 0 Å². The summed E-state index contributed by atoms with van der Waals surface area (Å²) < 4.78 is 4.71. The molecule has 0 rings (SSSR count). The normalized spacial score (nSPS) is 12.6. The third-order valence-electron chi connectivity index (χ3n) is 1.47. The predicted molar refractivity (Wildman–Crippen MR) is 45.5 cm³/mol. The number of ether oxygens (including phenoxy) is 1. The fraction of sp³-hybridized carbons (Fsp3) is 0.875. The Morgan fingerprint density at radius 1 is 1.67 bits per heavy atom. The summed E-state index contributed by atoms with van der Waals surface area (Å²) in [5.41, 5.74) is 5.58. The molecule has 0 aromatic heterocycles. The predicted octanol–water partition coefficient (Wildman–Crippen LogP) is 0.0394. The van der Waals surface area contributed by atoms with Crippen molar-refractivity contribution in [3.8, 4) is 0 Å². The molecule has 0 fully saturated rings. The minimum atomic E-state index is -0.261. The Morgan fingerprint density at radius 3 is 2.83 bits per heavy atom. The zero-order chi connectivity index (χ0) is 9.40. The van der Waals surface area contributed by atoms with Crippen LogP contribution in [0.5, 0.6) is 0 Å². The highest BCUT2D eigenvalue weighted by molar-refractivity contribution is 5.70. The van der Waals surface area contributed by atoms with Gasteiger partial charge in [0.25, 0.3) is 0 Å². The molecule has 0 bridgehead atoms. The number of aliphatic hydroxyl groups is 1. The van der Waals surface area contributed by atoms with E-state index in [0.29, 0.717) is 19.4 Å². The molecule has 0 spiro atoms. The van der Waals surface area contributed by atoms with Gasteiger partial charge in [-0.05, 0) is 19.8 Å². The van der Waals surface area contributed by atoms with E-state index in [9.17, 15) is 4.79 Å². The van der Waals surface area contributed by atoms with Crippen LogP contribution in [0.4, 0.5) is 0 Å². The Bertz CT molecular complexity index is 127. The lowest BCUT2D eigenvalue weighted by Gasteiger charge is -2.08. The van der Waals surface area contributed by atoms with Gasteiger partial charge in [0.2, 0.25) is 0 Å². The molecule has 0 aromatic rings. The second kappa shape index (κ2) is 7.06. The van der Waals surface area contributed by atoms with Crippen molar-refractivity contribution in [3.63, 3.8) is 0 Å². The second-order valence-corrected chi connectivity index (χ2v) is 2.64. The smallest absolute Gasteiger partial charge is 0.307 e. The van der Waals surface area contributed by atoms with Crippen molar-refractivity contribution in [2.24, 2.45) is 5.73 Å². The largest absolute Gasteiger partial charge is 0.466 e. The van der Waals surface area contributed by atoms with Crippen molar-refractivity contribution in [1.82, 2.24) is 0 Å². The molecule has 4 heteroatoms. The van der Waals surface area contributed by atoms with Gasteiger partial charge in [-0.3, -0.25) is 4.79 Å². The third kappa shape index (κ3) is 6.12. The van der Waals surface area contributed by atoms with E-state index in [-0.39, 0.29) is 25.0 Å². The first-order valence-corrected chi connectivity index (χ1v) is 4.22. The molecule has 0 amide bonds. The lowest BCUT2D eigenvalue weighted by Crippen LogP contribution is -2.25. The molecule has 0 heterocycles. The van der Waals surface area contributed by atoms with Crippen LogP contribution in [0.25, 0.3) is 0 Å². The minimum Gasteiger partial charge on any atom is -0.466 e. The first-order valence-electron chi connectivity index (χ1n) is 4.22. The van der Waals surface area contributed by atoms with Crippen molar-refractivity contribution in [2.45, 2.75) is 32.2 Å². The van der Waals surface area contributed by atoms with Gasteiger partial charge in [0.1, 0.15) is 0 Å². The molecule has 0 saturated heterocycles. The fourth-order valence-corrected chi connectivity index (χ4v) is 0.890. The second-order valence-electron chi connectivity index (χ2n) is 2.64. The van der Waals surface area contributed by atoms with E-state index in [1.165, 1.54) is 0 Å². The van der Waals surface area contributed by atoms with Crippen LogP contribution in [0.15, 0.2) is 0 Å². The Morgan fingerprint density at radius 2 is 2.33 bits per heavy atom. The maximum atomic E-state index is 10.9. The molecule has 0 aliphatic rings. The third-order valence-corrected chi connectivity index (χ3v) is 1.47. The van der Waals surface area contributed by atoms with Crippen molar-refractivity contribution in [3.05, 3.63) is 0 Å². The van der Waals surface area contributed by atoms with Crippen LogP contribution in [-0.4, -0.2) is 30.3 Å². The molecule has 12 heavy (non-hydrogen) atoms. The van der Waals surface area contributed by atoms with Crippen molar-refractivity contribution in [2.75, 3.05) is 13.2 Å². The van der Waals surface area contributed by atoms with Gasteiger partial charge in [-0.2, -0.15) is 0 Å². The van der Waals surface area contributed by atoms with E-state index in [1.54, 1.807) is 6.92 Å².